The topological polar surface area (TPSA) is 87.2 Å². The molecule has 0 radical (unpaired) electrons. The van der Waals surface area contributed by atoms with Crippen LogP contribution in [0.1, 0.15) is 45.5 Å². The van der Waals surface area contributed by atoms with Gasteiger partial charge in [0, 0.05) is 68.8 Å². The minimum atomic E-state index is 0.00170. The Kier molecular flexibility index (Phi) is 8.68. The first-order valence-corrected chi connectivity index (χ1v) is 14.2. The van der Waals surface area contributed by atoms with Crippen LogP contribution in [0.15, 0.2) is 66.9 Å². The summed E-state index contributed by atoms with van der Waals surface area (Å²) < 4.78 is 0. The van der Waals surface area contributed by atoms with Crippen molar-refractivity contribution in [2.75, 3.05) is 49.5 Å². The molecule has 4 aromatic rings. The first-order valence-electron chi connectivity index (χ1n) is 14.2. The Morgan fingerprint density at radius 1 is 0.950 bits per heavy atom. The predicted molar refractivity (Wildman–Crippen MR) is 163 cm³/mol. The number of fused-ring (bicyclic) bond motifs is 1. The lowest BCUT2D eigenvalue weighted by atomic mass is 9.98. The second kappa shape index (κ2) is 12.7. The minimum absolute atomic E-state index is 0.00170. The molecule has 3 N–H and O–H groups in total. The first kappa shape index (κ1) is 27.3. The maximum absolute atomic E-state index is 13.1. The molecule has 1 aliphatic heterocycles. The number of benzene rings is 3. The molecule has 1 amide bonds. The van der Waals surface area contributed by atoms with E-state index in [0.29, 0.717) is 6.54 Å². The molecule has 0 aliphatic carbocycles. The van der Waals surface area contributed by atoms with E-state index in [9.17, 15) is 10.1 Å². The first-order chi connectivity index (χ1) is 19.5. The van der Waals surface area contributed by atoms with Gasteiger partial charge in [0.1, 0.15) is 6.07 Å². The average molecular weight is 535 g/mol. The molecule has 7 nitrogen and oxygen atoms in total. The molecular formula is C33H38N6O. The number of aromatic nitrogens is 1. The SMILES string of the molecule is Cc1cc(C)c(C(=O)NCCCCNc2ccc3cc[nH]c3c2)cc1CN1CCN(c2ccccc2C#N)CC1. The van der Waals surface area contributed by atoms with Gasteiger partial charge in [-0.25, -0.2) is 0 Å². The van der Waals surface area contributed by atoms with Crippen LogP contribution >= 0.6 is 0 Å². The summed E-state index contributed by atoms with van der Waals surface area (Å²) in [6.07, 6.45) is 3.85. The van der Waals surface area contributed by atoms with Gasteiger partial charge in [0.15, 0.2) is 0 Å². The summed E-state index contributed by atoms with van der Waals surface area (Å²) in [6.45, 7) is 10.1. The lowest BCUT2D eigenvalue weighted by Gasteiger charge is -2.36. The average Bonchev–Trinajstić information content (AvgIpc) is 3.44. The molecule has 1 saturated heterocycles. The molecule has 1 aliphatic rings. The molecule has 3 aromatic carbocycles. The number of H-pyrrole nitrogens is 1. The smallest absolute Gasteiger partial charge is 0.251 e. The number of para-hydroxylation sites is 1. The number of aromatic amines is 1. The van der Waals surface area contributed by atoms with Gasteiger partial charge in [0.05, 0.1) is 11.3 Å². The molecule has 0 bridgehead atoms. The fourth-order valence-corrected chi connectivity index (χ4v) is 5.48. The number of hydrogen-bond donors (Lipinski definition) is 3. The van der Waals surface area contributed by atoms with Gasteiger partial charge < -0.3 is 20.5 Å². The molecule has 0 spiro atoms. The van der Waals surface area contributed by atoms with Gasteiger partial charge in [-0.15, -0.1) is 0 Å². The summed E-state index contributed by atoms with van der Waals surface area (Å²) in [7, 11) is 0. The number of carbonyl (C=O) groups excluding carboxylic acids is 1. The van der Waals surface area contributed by atoms with Crippen LogP contribution in [0.3, 0.4) is 0 Å². The van der Waals surface area contributed by atoms with Crippen molar-refractivity contribution in [3.05, 3.63) is 94.7 Å². The van der Waals surface area contributed by atoms with Crippen molar-refractivity contribution < 1.29 is 4.79 Å². The minimum Gasteiger partial charge on any atom is -0.385 e. The zero-order chi connectivity index (χ0) is 27.9. The van der Waals surface area contributed by atoms with E-state index in [4.69, 9.17) is 0 Å². The number of piperazine rings is 1. The standard InChI is InChI=1S/C33H38N6O/c1-24-19-25(2)30(33(40)37-13-6-5-12-35-29-10-9-26-11-14-36-31(26)21-29)20-28(24)23-38-15-17-39(18-16-38)32-8-4-3-7-27(32)22-34/h3-4,7-11,14,19-21,35-36H,5-6,12-13,15-18,23H2,1-2H3,(H,37,40). The molecule has 0 atom stereocenters. The van der Waals surface area contributed by atoms with Crippen molar-refractivity contribution in [2.24, 2.45) is 0 Å². The zero-order valence-electron chi connectivity index (χ0n) is 23.5. The number of rotatable bonds is 10. The Morgan fingerprint density at radius 2 is 1.75 bits per heavy atom. The van der Waals surface area contributed by atoms with E-state index < -0.39 is 0 Å². The second-order valence-corrected chi connectivity index (χ2v) is 10.7. The fraction of sp³-hybridized carbons (Fsp3) is 0.333. The highest BCUT2D eigenvalue weighted by atomic mass is 16.1. The molecule has 0 saturated carbocycles. The van der Waals surface area contributed by atoms with Gasteiger partial charge in [-0.1, -0.05) is 24.3 Å². The van der Waals surface area contributed by atoms with E-state index in [2.05, 4.69) is 74.8 Å². The van der Waals surface area contributed by atoms with Crippen LogP contribution in [0.25, 0.3) is 10.9 Å². The summed E-state index contributed by atoms with van der Waals surface area (Å²) in [4.78, 5) is 21.0. The van der Waals surface area contributed by atoms with Gasteiger partial charge in [-0.05, 0) is 85.2 Å². The van der Waals surface area contributed by atoms with Crippen LogP contribution in [-0.4, -0.2) is 55.1 Å². The zero-order valence-corrected chi connectivity index (χ0v) is 23.5. The molecule has 0 unspecified atom stereocenters. The number of nitriles is 1. The molecule has 2 heterocycles. The van der Waals surface area contributed by atoms with Crippen molar-refractivity contribution in [3.63, 3.8) is 0 Å². The highest BCUT2D eigenvalue weighted by Crippen LogP contribution is 2.23. The van der Waals surface area contributed by atoms with Crippen molar-refractivity contribution >= 4 is 28.2 Å². The van der Waals surface area contributed by atoms with Crippen molar-refractivity contribution in [1.29, 1.82) is 5.26 Å². The molecule has 40 heavy (non-hydrogen) atoms. The number of hydrogen-bond acceptors (Lipinski definition) is 5. The van der Waals surface area contributed by atoms with E-state index >= 15 is 0 Å². The van der Waals surface area contributed by atoms with Crippen LogP contribution in [0.4, 0.5) is 11.4 Å². The Hall–Kier alpha value is -4.28. The summed E-state index contributed by atoms with van der Waals surface area (Å²) in [5.41, 5.74) is 8.18. The normalized spacial score (nSPS) is 13.8. The van der Waals surface area contributed by atoms with Crippen LogP contribution < -0.4 is 15.5 Å². The van der Waals surface area contributed by atoms with Crippen LogP contribution in [0.2, 0.25) is 0 Å². The summed E-state index contributed by atoms with van der Waals surface area (Å²) in [5, 5.41) is 17.3. The molecule has 5 rings (SSSR count). The second-order valence-electron chi connectivity index (χ2n) is 10.7. The predicted octanol–water partition coefficient (Wildman–Crippen LogP) is 5.60. The molecule has 7 heteroatoms. The van der Waals surface area contributed by atoms with E-state index in [1.807, 2.05) is 37.4 Å². The number of nitrogens with zero attached hydrogens (tertiary/aromatic N) is 3. The van der Waals surface area contributed by atoms with Crippen molar-refractivity contribution in [3.8, 4) is 6.07 Å². The molecule has 206 valence electrons. The van der Waals surface area contributed by atoms with Gasteiger partial charge in [0.25, 0.3) is 5.91 Å². The lowest BCUT2D eigenvalue weighted by Crippen LogP contribution is -2.46. The third kappa shape index (κ3) is 6.47. The summed E-state index contributed by atoms with van der Waals surface area (Å²) >= 11 is 0. The van der Waals surface area contributed by atoms with Crippen LogP contribution in [-0.2, 0) is 6.54 Å². The fourth-order valence-electron chi connectivity index (χ4n) is 5.48. The number of unbranched alkanes of at least 4 members (excludes halogenated alkanes) is 1. The van der Waals surface area contributed by atoms with E-state index in [0.717, 1.165) is 85.7 Å². The van der Waals surface area contributed by atoms with E-state index in [1.54, 1.807) is 0 Å². The quantitative estimate of drug-likeness (QED) is 0.231. The molecule has 1 aromatic heterocycles. The summed E-state index contributed by atoms with van der Waals surface area (Å²) in [5.74, 6) is 0.00170. The Labute approximate surface area is 236 Å². The largest absolute Gasteiger partial charge is 0.385 e. The Bertz CT molecular complexity index is 1510. The highest BCUT2D eigenvalue weighted by Gasteiger charge is 2.20. The molecular weight excluding hydrogens is 496 g/mol. The molecule has 1 fully saturated rings. The number of amides is 1. The van der Waals surface area contributed by atoms with Crippen LogP contribution in [0.5, 0.6) is 0 Å². The van der Waals surface area contributed by atoms with Gasteiger partial charge in [0.2, 0.25) is 0 Å². The summed E-state index contributed by atoms with van der Waals surface area (Å²) in [6, 6.07) is 22.8. The van der Waals surface area contributed by atoms with Crippen LogP contribution in [0, 0.1) is 25.2 Å². The third-order valence-corrected chi connectivity index (χ3v) is 7.83. The van der Waals surface area contributed by atoms with Crippen molar-refractivity contribution in [1.82, 2.24) is 15.2 Å². The maximum Gasteiger partial charge on any atom is 0.251 e. The lowest BCUT2D eigenvalue weighted by molar-refractivity contribution is 0.0952. The third-order valence-electron chi connectivity index (χ3n) is 7.83. The Balaban J connectivity index is 1.09. The monoisotopic (exact) mass is 534 g/mol. The van der Waals surface area contributed by atoms with Crippen molar-refractivity contribution in [2.45, 2.75) is 33.2 Å². The number of anilines is 2. The number of nitrogens with one attached hydrogen (secondary N) is 3. The van der Waals surface area contributed by atoms with Gasteiger partial charge in [-0.2, -0.15) is 5.26 Å². The number of aryl methyl sites for hydroxylation is 2. The Morgan fingerprint density at radius 3 is 2.58 bits per heavy atom. The maximum atomic E-state index is 13.1. The highest BCUT2D eigenvalue weighted by molar-refractivity contribution is 5.96. The van der Waals surface area contributed by atoms with Gasteiger partial charge >= 0.3 is 0 Å². The number of carbonyl (C=O) groups is 1. The van der Waals surface area contributed by atoms with E-state index in [-0.39, 0.29) is 5.91 Å². The van der Waals surface area contributed by atoms with E-state index in [1.165, 1.54) is 16.5 Å². The van der Waals surface area contributed by atoms with Gasteiger partial charge in [-0.3, -0.25) is 9.69 Å².